The predicted octanol–water partition coefficient (Wildman–Crippen LogP) is 1.74. The SMILES string of the molecule is CCC(N)CC(=O)OCCOc1ccccc1. The van der Waals surface area contributed by atoms with Gasteiger partial charge in [-0.25, -0.2) is 0 Å². The van der Waals surface area contributed by atoms with Gasteiger partial charge in [0.2, 0.25) is 0 Å². The fourth-order valence-electron chi connectivity index (χ4n) is 1.25. The molecule has 94 valence electrons. The third kappa shape index (κ3) is 5.92. The van der Waals surface area contributed by atoms with Gasteiger partial charge in [0.05, 0.1) is 6.42 Å². The van der Waals surface area contributed by atoms with Crippen LogP contribution in [0.25, 0.3) is 0 Å². The highest BCUT2D eigenvalue weighted by Crippen LogP contribution is 2.07. The number of esters is 1. The molecular weight excluding hydrogens is 218 g/mol. The van der Waals surface area contributed by atoms with Crippen LogP contribution in [0.4, 0.5) is 0 Å². The van der Waals surface area contributed by atoms with Crippen LogP contribution in [0.3, 0.4) is 0 Å². The average molecular weight is 237 g/mol. The highest BCUT2D eigenvalue weighted by atomic mass is 16.6. The van der Waals surface area contributed by atoms with Crippen molar-refractivity contribution in [2.45, 2.75) is 25.8 Å². The van der Waals surface area contributed by atoms with Gasteiger partial charge in [0.25, 0.3) is 0 Å². The van der Waals surface area contributed by atoms with Gasteiger partial charge < -0.3 is 15.2 Å². The molecule has 0 saturated heterocycles. The first kappa shape index (κ1) is 13.5. The lowest BCUT2D eigenvalue weighted by Crippen LogP contribution is -2.24. The van der Waals surface area contributed by atoms with Crippen LogP contribution in [0.2, 0.25) is 0 Å². The van der Waals surface area contributed by atoms with Crippen LogP contribution in [0.15, 0.2) is 30.3 Å². The quantitative estimate of drug-likeness (QED) is 0.579. The van der Waals surface area contributed by atoms with Crippen LogP contribution in [0.5, 0.6) is 5.75 Å². The van der Waals surface area contributed by atoms with Crippen molar-refractivity contribution >= 4 is 5.97 Å². The maximum absolute atomic E-state index is 11.3. The van der Waals surface area contributed by atoms with E-state index in [9.17, 15) is 4.79 Å². The van der Waals surface area contributed by atoms with Crippen molar-refractivity contribution in [2.75, 3.05) is 13.2 Å². The number of carbonyl (C=O) groups is 1. The van der Waals surface area contributed by atoms with E-state index in [0.717, 1.165) is 12.2 Å². The van der Waals surface area contributed by atoms with E-state index in [4.69, 9.17) is 15.2 Å². The second-order valence-electron chi connectivity index (χ2n) is 3.75. The molecule has 1 rings (SSSR count). The summed E-state index contributed by atoms with van der Waals surface area (Å²) in [4.78, 5) is 11.3. The highest BCUT2D eigenvalue weighted by molar-refractivity contribution is 5.70. The number of benzene rings is 1. The van der Waals surface area contributed by atoms with E-state index in [1.54, 1.807) is 0 Å². The number of para-hydroxylation sites is 1. The van der Waals surface area contributed by atoms with Crippen LogP contribution >= 0.6 is 0 Å². The van der Waals surface area contributed by atoms with Gasteiger partial charge in [-0.1, -0.05) is 25.1 Å². The summed E-state index contributed by atoms with van der Waals surface area (Å²) in [6, 6.07) is 9.30. The van der Waals surface area contributed by atoms with Gasteiger partial charge in [-0.15, -0.1) is 0 Å². The fraction of sp³-hybridized carbons (Fsp3) is 0.462. The Kier molecular flexibility index (Phi) is 6.10. The first-order valence-corrected chi connectivity index (χ1v) is 5.81. The Morgan fingerprint density at radius 2 is 2.00 bits per heavy atom. The molecule has 0 aliphatic heterocycles. The van der Waals surface area contributed by atoms with Crippen molar-refractivity contribution in [3.05, 3.63) is 30.3 Å². The number of hydrogen-bond donors (Lipinski definition) is 1. The van der Waals surface area contributed by atoms with Gasteiger partial charge in [-0.3, -0.25) is 4.79 Å². The van der Waals surface area contributed by atoms with E-state index in [1.807, 2.05) is 37.3 Å². The molecule has 0 aromatic heterocycles. The molecule has 0 amide bonds. The molecule has 4 heteroatoms. The average Bonchev–Trinajstić information content (AvgIpc) is 2.36. The maximum Gasteiger partial charge on any atom is 0.307 e. The second kappa shape index (κ2) is 7.68. The molecular formula is C13H19NO3. The van der Waals surface area contributed by atoms with Crippen molar-refractivity contribution in [1.29, 1.82) is 0 Å². The van der Waals surface area contributed by atoms with Gasteiger partial charge >= 0.3 is 5.97 Å². The lowest BCUT2D eigenvalue weighted by atomic mass is 10.2. The first-order valence-electron chi connectivity index (χ1n) is 5.81. The van der Waals surface area contributed by atoms with Crippen molar-refractivity contribution in [3.8, 4) is 5.75 Å². The Morgan fingerprint density at radius 1 is 1.29 bits per heavy atom. The summed E-state index contributed by atoms with van der Waals surface area (Å²) in [5.41, 5.74) is 5.64. The molecule has 1 aromatic rings. The van der Waals surface area contributed by atoms with Gasteiger partial charge in [-0.2, -0.15) is 0 Å². The highest BCUT2D eigenvalue weighted by Gasteiger charge is 2.08. The topological polar surface area (TPSA) is 61.6 Å². The fourth-order valence-corrected chi connectivity index (χ4v) is 1.25. The van der Waals surface area contributed by atoms with Crippen molar-refractivity contribution < 1.29 is 14.3 Å². The molecule has 0 bridgehead atoms. The van der Waals surface area contributed by atoms with Crippen molar-refractivity contribution in [2.24, 2.45) is 5.73 Å². The molecule has 1 unspecified atom stereocenters. The summed E-state index contributed by atoms with van der Waals surface area (Å²) < 4.78 is 10.4. The molecule has 0 radical (unpaired) electrons. The third-order valence-electron chi connectivity index (χ3n) is 2.31. The van der Waals surface area contributed by atoms with Crippen molar-refractivity contribution in [1.82, 2.24) is 0 Å². The second-order valence-corrected chi connectivity index (χ2v) is 3.75. The molecule has 0 aliphatic carbocycles. The molecule has 0 aliphatic rings. The standard InChI is InChI=1S/C13H19NO3/c1-2-11(14)10-13(15)17-9-8-16-12-6-4-3-5-7-12/h3-7,11H,2,8-10,14H2,1H3. The van der Waals surface area contributed by atoms with Gasteiger partial charge in [0.1, 0.15) is 19.0 Å². The maximum atomic E-state index is 11.3. The third-order valence-corrected chi connectivity index (χ3v) is 2.31. The Morgan fingerprint density at radius 3 is 2.65 bits per heavy atom. The summed E-state index contributed by atoms with van der Waals surface area (Å²) in [5.74, 6) is 0.504. The normalized spacial score (nSPS) is 11.9. The molecule has 1 atom stereocenters. The molecule has 0 spiro atoms. The van der Waals surface area contributed by atoms with E-state index < -0.39 is 0 Å². The van der Waals surface area contributed by atoms with Crippen LogP contribution in [-0.2, 0) is 9.53 Å². The van der Waals surface area contributed by atoms with E-state index in [-0.39, 0.29) is 25.0 Å². The zero-order chi connectivity index (χ0) is 12.5. The van der Waals surface area contributed by atoms with Crippen molar-refractivity contribution in [3.63, 3.8) is 0 Å². The number of nitrogens with two attached hydrogens (primary N) is 1. The molecule has 0 heterocycles. The number of rotatable bonds is 7. The Bertz CT molecular complexity index is 327. The molecule has 4 nitrogen and oxygen atoms in total. The Balaban J connectivity index is 2.10. The molecule has 2 N–H and O–H groups in total. The van der Waals surface area contributed by atoms with Crippen LogP contribution in [-0.4, -0.2) is 25.2 Å². The Hall–Kier alpha value is -1.55. The molecule has 0 fully saturated rings. The van der Waals surface area contributed by atoms with Crippen LogP contribution in [0, 0.1) is 0 Å². The summed E-state index contributed by atoms with van der Waals surface area (Å²) in [7, 11) is 0. The number of hydrogen-bond acceptors (Lipinski definition) is 4. The summed E-state index contributed by atoms with van der Waals surface area (Å²) in [5, 5.41) is 0. The molecule has 17 heavy (non-hydrogen) atoms. The zero-order valence-corrected chi connectivity index (χ0v) is 10.1. The van der Waals surface area contributed by atoms with Gasteiger partial charge in [-0.05, 0) is 18.6 Å². The molecule has 1 aromatic carbocycles. The molecule has 0 saturated carbocycles. The van der Waals surface area contributed by atoms with Crippen LogP contribution < -0.4 is 10.5 Å². The van der Waals surface area contributed by atoms with E-state index >= 15 is 0 Å². The van der Waals surface area contributed by atoms with Gasteiger partial charge in [0, 0.05) is 6.04 Å². The Labute approximate surface area is 102 Å². The monoisotopic (exact) mass is 237 g/mol. The lowest BCUT2D eigenvalue weighted by Gasteiger charge is -2.09. The van der Waals surface area contributed by atoms with Gasteiger partial charge in [0.15, 0.2) is 0 Å². The largest absolute Gasteiger partial charge is 0.490 e. The lowest BCUT2D eigenvalue weighted by molar-refractivity contribution is -0.144. The summed E-state index contributed by atoms with van der Waals surface area (Å²) in [6.07, 6.45) is 1.04. The van der Waals surface area contributed by atoms with E-state index in [0.29, 0.717) is 6.61 Å². The van der Waals surface area contributed by atoms with E-state index in [1.165, 1.54) is 0 Å². The van der Waals surface area contributed by atoms with E-state index in [2.05, 4.69) is 0 Å². The summed E-state index contributed by atoms with van der Waals surface area (Å²) in [6.45, 7) is 2.55. The number of carbonyl (C=O) groups excluding carboxylic acids is 1. The summed E-state index contributed by atoms with van der Waals surface area (Å²) >= 11 is 0. The smallest absolute Gasteiger partial charge is 0.307 e. The first-order chi connectivity index (χ1) is 8.22. The predicted molar refractivity (Wildman–Crippen MR) is 65.8 cm³/mol. The zero-order valence-electron chi connectivity index (χ0n) is 10.1. The minimum atomic E-state index is -0.268. The minimum Gasteiger partial charge on any atom is -0.490 e. The minimum absolute atomic E-state index is 0.113. The van der Waals surface area contributed by atoms with Crippen LogP contribution in [0.1, 0.15) is 19.8 Å². The number of ether oxygens (including phenoxy) is 2.